The molecule has 252 valence electrons. The maximum absolute atomic E-state index is 12.0. The van der Waals surface area contributed by atoms with Crippen molar-refractivity contribution in [1.82, 2.24) is 4.58 Å². The van der Waals surface area contributed by atoms with Crippen LogP contribution in [0.15, 0.2) is 93.9 Å². The van der Waals surface area contributed by atoms with Gasteiger partial charge in [0.2, 0.25) is 5.36 Å². The lowest BCUT2D eigenvalue weighted by Gasteiger charge is -2.27. The van der Waals surface area contributed by atoms with Gasteiger partial charge in [-0.2, -0.15) is 8.42 Å². The molecule has 0 saturated heterocycles. The summed E-state index contributed by atoms with van der Waals surface area (Å²) in [5.74, 6) is 1.67. The topological polar surface area (TPSA) is 73.8 Å². The van der Waals surface area contributed by atoms with Crippen molar-refractivity contribution in [3.05, 3.63) is 107 Å². The first kappa shape index (κ1) is 36.2. The average Bonchev–Trinajstić information content (AvgIpc) is 3.20. The zero-order valence-corrected chi connectivity index (χ0v) is 30.4. The molecule has 0 unspecified atom stereocenters. The van der Waals surface area contributed by atoms with Crippen LogP contribution >= 0.6 is 0 Å². The number of fused-ring (bicyclic) bond motifs is 2. The van der Waals surface area contributed by atoms with Crippen LogP contribution in [0.3, 0.4) is 0 Å². The molecule has 0 atom stereocenters. The van der Waals surface area contributed by atoms with Crippen molar-refractivity contribution < 1.29 is 17.4 Å². The molecule has 2 heterocycles. The fraction of sp³-hybridized carbons (Fsp3) is 0.425. The number of hydrogen-bond acceptors (Lipinski definition) is 4. The number of nitrogens with zero attached hydrogens (tertiary/aromatic N) is 2. The Morgan fingerprint density at radius 2 is 1.72 bits per heavy atom. The number of anilines is 1. The van der Waals surface area contributed by atoms with Crippen molar-refractivity contribution in [1.29, 1.82) is 0 Å². The van der Waals surface area contributed by atoms with Crippen molar-refractivity contribution in [2.75, 3.05) is 24.5 Å². The molecule has 7 heteroatoms. The Kier molecular flexibility index (Phi) is 11.2. The van der Waals surface area contributed by atoms with Gasteiger partial charge in [0.05, 0.1) is 11.0 Å². The molecule has 0 aromatic heterocycles. The molecule has 1 aliphatic carbocycles. The Labute approximate surface area is 282 Å². The Balaban J connectivity index is 1.67. The molecule has 0 amide bonds. The summed E-state index contributed by atoms with van der Waals surface area (Å²) >= 11 is 0. The zero-order chi connectivity index (χ0) is 34.6. The van der Waals surface area contributed by atoms with Gasteiger partial charge >= 0.3 is 0 Å². The van der Waals surface area contributed by atoms with E-state index in [0.717, 1.165) is 84.7 Å². The van der Waals surface area contributed by atoms with E-state index in [1.54, 1.807) is 6.07 Å². The SMILES string of the molecule is C=C(C)CCCCCN1/C(=C/C=C/C=C/c2cc(C(C)(C)C)c3ccc(=[N+](CC)CC)cc-3o2)C(C)(C)c2cc(S(=O)(=O)O)ccc21. The van der Waals surface area contributed by atoms with Crippen molar-refractivity contribution in [2.45, 2.75) is 96.8 Å². The standard InChI is InChI=1S/C40H52N2O4S/c1-10-41(11-2)30-21-23-33-34(39(5,6)7)27-31(46-37(33)26-30)19-15-12-16-20-38-40(8,9)35-28-32(47(43,44)45)22-24-36(35)42(38)25-17-13-14-18-29(3)4/h12,15-16,19-24,26-28H,3,10-11,13-14,17-18,25H2,1-2,4-9H3/p+1. The lowest BCUT2D eigenvalue weighted by molar-refractivity contribution is 0.483. The van der Waals surface area contributed by atoms with Gasteiger partial charge in [0.1, 0.15) is 24.6 Å². The van der Waals surface area contributed by atoms with Crippen molar-refractivity contribution in [3.63, 3.8) is 0 Å². The first-order chi connectivity index (χ1) is 22.1. The second-order valence-corrected chi connectivity index (χ2v) is 15.6. The highest BCUT2D eigenvalue weighted by atomic mass is 32.2. The third-order valence-electron chi connectivity index (χ3n) is 9.09. The molecule has 0 radical (unpaired) electrons. The summed E-state index contributed by atoms with van der Waals surface area (Å²) in [6.45, 7) is 24.0. The van der Waals surface area contributed by atoms with Gasteiger partial charge in [-0.15, -0.1) is 6.58 Å². The van der Waals surface area contributed by atoms with Gasteiger partial charge in [-0.3, -0.25) is 4.55 Å². The lowest BCUT2D eigenvalue weighted by Crippen LogP contribution is -2.29. The highest BCUT2D eigenvalue weighted by molar-refractivity contribution is 7.85. The Hall–Kier alpha value is -3.68. The van der Waals surface area contributed by atoms with E-state index < -0.39 is 15.5 Å². The van der Waals surface area contributed by atoms with Crippen molar-refractivity contribution in [2.24, 2.45) is 0 Å². The van der Waals surface area contributed by atoms with Crippen LogP contribution in [0, 0.1) is 0 Å². The molecule has 4 rings (SSSR count). The van der Waals surface area contributed by atoms with E-state index in [1.165, 1.54) is 17.2 Å². The van der Waals surface area contributed by atoms with E-state index in [2.05, 4.69) is 102 Å². The number of unbranched alkanes of at least 4 members (excludes halogenated alkanes) is 2. The molecule has 0 saturated carbocycles. The van der Waals surface area contributed by atoms with Crippen LogP contribution in [0.25, 0.3) is 17.4 Å². The quantitative estimate of drug-likeness (QED) is 0.0692. The van der Waals surface area contributed by atoms with Crippen LogP contribution in [0.4, 0.5) is 5.69 Å². The third kappa shape index (κ3) is 8.43. The largest absolute Gasteiger partial charge is 0.456 e. The van der Waals surface area contributed by atoms with Crippen LogP contribution in [-0.2, 0) is 20.9 Å². The van der Waals surface area contributed by atoms with Gasteiger partial charge in [0.15, 0.2) is 0 Å². The highest BCUT2D eigenvalue weighted by Crippen LogP contribution is 2.48. The van der Waals surface area contributed by atoms with Gasteiger partial charge in [-0.05, 0) is 99.1 Å². The van der Waals surface area contributed by atoms with E-state index in [4.69, 9.17) is 4.42 Å². The first-order valence-corrected chi connectivity index (χ1v) is 18.3. The second kappa shape index (κ2) is 14.6. The van der Waals surface area contributed by atoms with Crippen molar-refractivity contribution >= 4 is 21.9 Å². The summed E-state index contributed by atoms with van der Waals surface area (Å²) in [5, 5.41) is 1.16. The molecule has 6 nitrogen and oxygen atoms in total. The molecule has 47 heavy (non-hydrogen) atoms. The first-order valence-electron chi connectivity index (χ1n) is 16.8. The summed E-state index contributed by atoms with van der Waals surface area (Å²) in [4.78, 5) is 2.21. The van der Waals surface area contributed by atoms with Crippen LogP contribution < -0.4 is 14.8 Å². The number of hydrogen-bond donors (Lipinski definition) is 1. The van der Waals surface area contributed by atoms with Gasteiger partial charge in [0, 0.05) is 35.0 Å². The molecule has 1 aromatic carbocycles. The van der Waals surface area contributed by atoms with Crippen LogP contribution in [0.2, 0.25) is 0 Å². The maximum atomic E-state index is 12.0. The molecule has 1 aromatic rings. The van der Waals surface area contributed by atoms with Gasteiger partial charge < -0.3 is 9.32 Å². The Bertz CT molecular complexity index is 1840. The van der Waals surface area contributed by atoms with E-state index >= 15 is 0 Å². The maximum Gasteiger partial charge on any atom is 0.294 e. The fourth-order valence-electron chi connectivity index (χ4n) is 6.47. The van der Waals surface area contributed by atoms with Crippen LogP contribution in [0.5, 0.6) is 0 Å². The fourth-order valence-corrected chi connectivity index (χ4v) is 6.98. The second-order valence-electron chi connectivity index (χ2n) is 14.2. The molecule has 0 spiro atoms. The summed E-state index contributed by atoms with van der Waals surface area (Å²) in [7, 11) is -4.31. The molecular weight excluding hydrogens is 605 g/mol. The minimum atomic E-state index is -4.31. The predicted molar refractivity (Wildman–Crippen MR) is 197 cm³/mol. The number of allylic oxidation sites excluding steroid dienone is 6. The van der Waals surface area contributed by atoms with E-state index in [1.807, 2.05) is 30.4 Å². The highest BCUT2D eigenvalue weighted by Gasteiger charge is 2.40. The smallest absolute Gasteiger partial charge is 0.294 e. The molecule has 0 fully saturated rings. The predicted octanol–water partition coefficient (Wildman–Crippen LogP) is 9.13. The summed E-state index contributed by atoms with van der Waals surface area (Å²) < 4.78 is 42.5. The monoisotopic (exact) mass is 657 g/mol. The zero-order valence-electron chi connectivity index (χ0n) is 29.6. The van der Waals surface area contributed by atoms with Crippen LogP contribution in [0.1, 0.15) is 98.0 Å². The molecular formula is C40H53N2O4S+. The molecule has 1 N–H and O–H groups in total. The number of rotatable bonds is 12. The molecule has 2 aliphatic heterocycles. The summed E-state index contributed by atoms with van der Waals surface area (Å²) in [5.41, 5.74) is 6.00. The average molecular weight is 658 g/mol. The van der Waals surface area contributed by atoms with E-state index in [9.17, 15) is 13.0 Å². The molecule has 3 aliphatic rings. The minimum absolute atomic E-state index is 0.0547. The minimum Gasteiger partial charge on any atom is -0.456 e. The normalized spacial score (nSPS) is 15.8. The lowest BCUT2D eigenvalue weighted by atomic mass is 9.83. The Morgan fingerprint density at radius 1 is 1.00 bits per heavy atom. The van der Waals surface area contributed by atoms with Gasteiger partial charge in [-0.1, -0.05) is 64.8 Å². The van der Waals surface area contributed by atoms with Crippen molar-refractivity contribution in [3.8, 4) is 11.3 Å². The summed E-state index contributed by atoms with van der Waals surface area (Å²) in [6, 6.07) is 13.6. The molecule has 0 bridgehead atoms. The van der Waals surface area contributed by atoms with Gasteiger partial charge in [-0.25, -0.2) is 4.58 Å². The van der Waals surface area contributed by atoms with Gasteiger partial charge in [0.25, 0.3) is 10.1 Å². The van der Waals surface area contributed by atoms with E-state index in [0.29, 0.717) is 0 Å². The summed E-state index contributed by atoms with van der Waals surface area (Å²) in [6.07, 6.45) is 14.3. The number of benzene rings is 2. The van der Waals surface area contributed by atoms with E-state index in [-0.39, 0.29) is 10.3 Å². The third-order valence-corrected chi connectivity index (χ3v) is 9.94. The van der Waals surface area contributed by atoms with Crippen LogP contribution in [-0.4, -0.2) is 32.6 Å². The Morgan fingerprint density at radius 3 is 2.36 bits per heavy atom.